The lowest BCUT2D eigenvalue weighted by molar-refractivity contribution is -0.117. The van der Waals surface area contributed by atoms with Gasteiger partial charge < -0.3 is 9.52 Å². The molecule has 0 saturated carbocycles. The molecule has 4 rings (SSSR count). The van der Waals surface area contributed by atoms with Gasteiger partial charge in [0.1, 0.15) is 22.9 Å². The van der Waals surface area contributed by atoms with Crippen LogP contribution < -0.4 is 10.4 Å². The minimum atomic E-state index is -1.04. The van der Waals surface area contributed by atoms with Crippen LogP contribution in [0.3, 0.4) is 0 Å². The number of aromatic carboxylic acids is 1. The lowest BCUT2D eigenvalue weighted by atomic mass is 10.1. The molecule has 0 atom stereocenters. The van der Waals surface area contributed by atoms with E-state index in [0.29, 0.717) is 11.3 Å². The fourth-order valence-electron chi connectivity index (χ4n) is 2.87. The van der Waals surface area contributed by atoms with Crippen LogP contribution in [0.15, 0.2) is 64.6 Å². The van der Waals surface area contributed by atoms with Crippen LogP contribution in [0.1, 0.15) is 16.1 Å². The smallest absolute Gasteiger partial charge is 0.335 e. The summed E-state index contributed by atoms with van der Waals surface area (Å²) < 4.78 is 19.0. The summed E-state index contributed by atoms with van der Waals surface area (Å²) in [5, 5.41) is 9.74. The molecule has 2 heterocycles. The van der Waals surface area contributed by atoms with E-state index in [1.165, 1.54) is 30.3 Å². The monoisotopic (exact) mass is 426 g/mol. The van der Waals surface area contributed by atoms with Crippen molar-refractivity contribution >= 4 is 41.1 Å². The van der Waals surface area contributed by atoms with Crippen molar-refractivity contribution < 1.29 is 28.3 Å². The molecule has 150 valence electrons. The first-order chi connectivity index (χ1) is 14.3. The zero-order valence-corrected chi connectivity index (χ0v) is 15.8. The molecule has 9 heteroatoms. The molecule has 1 fully saturated rings. The normalized spacial score (nSPS) is 15.0. The van der Waals surface area contributed by atoms with Crippen LogP contribution in [0.4, 0.5) is 10.1 Å². The van der Waals surface area contributed by atoms with Gasteiger partial charge in [0.2, 0.25) is 0 Å². The highest BCUT2D eigenvalue weighted by molar-refractivity contribution is 6.33. The number of hydrazine groups is 1. The Morgan fingerprint density at radius 1 is 1.10 bits per heavy atom. The van der Waals surface area contributed by atoms with Gasteiger partial charge in [0.25, 0.3) is 11.8 Å². The third kappa shape index (κ3) is 3.56. The van der Waals surface area contributed by atoms with Crippen molar-refractivity contribution in [2.24, 2.45) is 0 Å². The van der Waals surface area contributed by atoms with Gasteiger partial charge in [0.05, 0.1) is 16.3 Å². The Morgan fingerprint density at radius 3 is 2.50 bits per heavy atom. The third-order valence-corrected chi connectivity index (χ3v) is 4.67. The number of carbonyl (C=O) groups is 3. The summed E-state index contributed by atoms with van der Waals surface area (Å²) in [5.74, 6) is -2.29. The largest absolute Gasteiger partial charge is 0.478 e. The third-order valence-electron chi connectivity index (χ3n) is 4.38. The van der Waals surface area contributed by atoms with Gasteiger partial charge >= 0.3 is 5.97 Å². The van der Waals surface area contributed by atoms with E-state index in [1.807, 2.05) is 0 Å². The molecule has 0 aliphatic carbocycles. The number of furan rings is 1. The van der Waals surface area contributed by atoms with Crippen molar-refractivity contribution in [1.29, 1.82) is 0 Å². The van der Waals surface area contributed by atoms with Crippen LogP contribution in [-0.2, 0) is 9.59 Å². The summed E-state index contributed by atoms with van der Waals surface area (Å²) >= 11 is 5.74. The number of anilines is 1. The van der Waals surface area contributed by atoms with Gasteiger partial charge in [-0.3, -0.25) is 15.0 Å². The first-order valence-electron chi connectivity index (χ1n) is 8.59. The second-order valence-corrected chi connectivity index (χ2v) is 6.73. The molecule has 0 unspecified atom stereocenters. The van der Waals surface area contributed by atoms with E-state index in [0.717, 1.165) is 11.1 Å². The van der Waals surface area contributed by atoms with Crippen molar-refractivity contribution in [3.05, 3.63) is 82.3 Å². The van der Waals surface area contributed by atoms with Crippen LogP contribution in [0.2, 0.25) is 5.02 Å². The average molecular weight is 427 g/mol. The van der Waals surface area contributed by atoms with Gasteiger partial charge in [-0.2, -0.15) is 0 Å². The predicted molar refractivity (Wildman–Crippen MR) is 106 cm³/mol. The number of carboxylic acid groups (broad SMARTS) is 1. The van der Waals surface area contributed by atoms with E-state index < -0.39 is 23.6 Å². The van der Waals surface area contributed by atoms with Crippen LogP contribution in [0, 0.1) is 5.82 Å². The molecule has 0 radical (unpaired) electrons. The van der Waals surface area contributed by atoms with Gasteiger partial charge in [-0.05, 0) is 48.5 Å². The Kier molecular flexibility index (Phi) is 4.85. The molecule has 3 aromatic rings. The minimum Gasteiger partial charge on any atom is -0.478 e. The minimum absolute atomic E-state index is 0.141. The van der Waals surface area contributed by atoms with Gasteiger partial charge in [0, 0.05) is 5.56 Å². The first-order valence-corrected chi connectivity index (χ1v) is 8.97. The Balaban J connectivity index is 1.59. The molecular formula is C21H12ClFN2O5. The van der Waals surface area contributed by atoms with E-state index in [-0.39, 0.29) is 27.6 Å². The Labute approximate surface area is 173 Å². The maximum atomic E-state index is 13.4. The zero-order valence-electron chi connectivity index (χ0n) is 15.1. The number of halogens is 2. The number of benzene rings is 2. The highest BCUT2D eigenvalue weighted by Crippen LogP contribution is 2.28. The van der Waals surface area contributed by atoms with Crippen LogP contribution in [-0.4, -0.2) is 22.9 Å². The summed E-state index contributed by atoms with van der Waals surface area (Å²) in [5.41, 5.74) is 3.21. The zero-order chi connectivity index (χ0) is 21.4. The van der Waals surface area contributed by atoms with Crippen LogP contribution in [0.5, 0.6) is 0 Å². The molecule has 2 aromatic carbocycles. The predicted octanol–water partition coefficient (Wildman–Crippen LogP) is 3.90. The van der Waals surface area contributed by atoms with E-state index in [9.17, 15) is 18.8 Å². The fraction of sp³-hybridized carbons (Fsp3) is 0. The summed E-state index contributed by atoms with van der Waals surface area (Å²) in [4.78, 5) is 35.8. The van der Waals surface area contributed by atoms with Crippen molar-refractivity contribution in [3.8, 4) is 11.3 Å². The summed E-state index contributed by atoms with van der Waals surface area (Å²) in [6.45, 7) is 0. The molecule has 1 aliphatic heterocycles. The topological polar surface area (TPSA) is 99.9 Å². The molecule has 0 spiro atoms. The van der Waals surface area contributed by atoms with Crippen LogP contribution >= 0.6 is 11.6 Å². The Bertz CT molecular complexity index is 1220. The Morgan fingerprint density at radius 2 is 1.83 bits per heavy atom. The standard InChI is InChI=1S/C21H12ClFN2O5/c22-16-9-13(5-7-17(16)23)25-20(27)15(19(26)24-25)10-14-6-8-18(30-14)11-1-3-12(4-2-11)21(28)29/h1-10H,(H,24,26)(H,28,29). The molecule has 1 aromatic heterocycles. The van der Waals surface area contributed by atoms with Gasteiger partial charge in [-0.1, -0.05) is 23.7 Å². The molecule has 1 saturated heterocycles. The SMILES string of the molecule is O=C1NN(c2ccc(F)c(Cl)c2)C(=O)C1=Cc1ccc(-c2ccc(C(=O)O)cc2)o1. The quantitative estimate of drug-likeness (QED) is 0.487. The van der Waals surface area contributed by atoms with Gasteiger partial charge in [-0.15, -0.1) is 0 Å². The molecule has 30 heavy (non-hydrogen) atoms. The molecule has 7 nitrogen and oxygen atoms in total. The van der Waals surface area contributed by atoms with Crippen LogP contribution in [0.25, 0.3) is 17.4 Å². The van der Waals surface area contributed by atoms with Gasteiger partial charge in [-0.25, -0.2) is 14.2 Å². The summed E-state index contributed by atoms with van der Waals surface area (Å²) in [6, 6.07) is 12.9. The molecule has 2 amide bonds. The number of amides is 2. The number of nitrogens with zero attached hydrogens (tertiary/aromatic N) is 1. The highest BCUT2D eigenvalue weighted by atomic mass is 35.5. The maximum Gasteiger partial charge on any atom is 0.335 e. The van der Waals surface area contributed by atoms with Gasteiger partial charge in [0.15, 0.2) is 0 Å². The number of hydrogen-bond donors (Lipinski definition) is 2. The molecule has 1 aliphatic rings. The summed E-state index contributed by atoms with van der Waals surface area (Å²) in [6.07, 6.45) is 1.29. The van der Waals surface area contributed by atoms with Crippen molar-refractivity contribution in [2.75, 3.05) is 5.01 Å². The first kappa shape index (κ1) is 19.4. The van der Waals surface area contributed by atoms with Crippen molar-refractivity contribution in [3.63, 3.8) is 0 Å². The fourth-order valence-corrected chi connectivity index (χ4v) is 3.04. The molecule has 2 N–H and O–H groups in total. The van der Waals surface area contributed by atoms with E-state index in [4.69, 9.17) is 21.1 Å². The average Bonchev–Trinajstić information content (AvgIpc) is 3.30. The highest BCUT2D eigenvalue weighted by Gasteiger charge is 2.35. The lowest BCUT2D eigenvalue weighted by Gasteiger charge is -2.14. The van der Waals surface area contributed by atoms with Crippen molar-refractivity contribution in [1.82, 2.24) is 5.43 Å². The lowest BCUT2D eigenvalue weighted by Crippen LogP contribution is -2.35. The Hall–Kier alpha value is -3.91. The second-order valence-electron chi connectivity index (χ2n) is 6.32. The number of nitrogens with one attached hydrogen (secondary N) is 1. The van der Waals surface area contributed by atoms with E-state index in [2.05, 4.69) is 5.43 Å². The summed E-state index contributed by atoms with van der Waals surface area (Å²) in [7, 11) is 0. The maximum absolute atomic E-state index is 13.4. The van der Waals surface area contributed by atoms with Crippen molar-refractivity contribution in [2.45, 2.75) is 0 Å². The molecule has 0 bridgehead atoms. The number of carbonyl (C=O) groups excluding carboxylic acids is 2. The number of rotatable bonds is 4. The number of hydrogen-bond acceptors (Lipinski definition) is 4. The van der Waals surface area contributed by atoms with E-state index >= 15 is 0 Å². The number of carboxylic acids is 1. The second kappa shape index (κ2) is 7.49. The molecular weight excluding hydrogens is 415 g/mol. The van der Waals surface area contributed by atoms with E-state index in [1.54, 1.807) is 24.3 Å².